The molecule has 0 fully saturated rings. The van der Waals surface area contributed by atoms with Crippen LogP contribution in [0.4, 0.5) is 8.78 Å². The van der Waals surface area contributed by atoms with E-state index in [2.05, 4.69) is 0 Å². The van der Waals surface area contributed by atoms with Gasteiger partial charge in [0.1, 0.15) is 17.7 Å². The summed E-state index contributed by atoms with van der Waals surface area (Å²) in [6.07, 6.45) is -0.132. The number of rotatable bonds is 5. The molecule has 1 atom stereocenters. The predicted octanol–water partition coefficient (Wildman–Crippen LogP) is 5.60. The Kier molecular flexibility index (Phi) is 5.75. The Morgan fingerprint density at radius 1 is 1.09 bits per heavy atom. The molecule has 1 heterocycles. The number of aliphatic hydroxyl groups is 1. The van der Waals surface area contributed by atoms with Crippen molar-refractivity contribution in [1.82, 2.24) is 0 Å². The van der Waals surface area contributed by atoms with Gasteiger partial charge in [0.25, 0.3) is 0 Å². The van der Waals surface area contributed by atoms with E-state index < -0.39 is 29.3 Å². The van der Waals surface area contributed by atoms with Gasteiger partial charge in [-0.25, -0.2) is 13.6 Å². The van der Waals surface area contributed by atoms with Crippen LogP contribution in [0.3, 0.4) is 0 Å². The van der Waals surface area contributed by atoms with Crippen LogP contribution in [0.1, 0.15) is 53.4 Å². The summed E-state index contributed by atoms with van der Waals surface area (Å²) < 4.78 is 35.4. The van der Waals surface area contributed by atoms with E-state index in [0.29, 0.717) is 28.7 Å². The summed E-state index contributed by atoms with van der Waals surface area (Å²) in [4.78, 5) is 11.5. The molecule has 1 unspecified atom stereocenters. The highest BCUT2D eigenvalue weighted by Gasteiger charge is 2.30. The van der Waals surface area contributed by atoms with Gasteiger partial charge in [0.05, 0.1) is 29.4 Å². The van der Waals surface area contributed by atoms with Crippen molar-refractivity contribution in [3.05, 3.63) is 82.4 Å². The largest absolute Gasteiger partial charge is 0.478 e. The molecule has 168 valence electrons. The van der Waals surface area contributed by atoms with Gasteiger partial charge in [-0.05, 0) is 78.1 Å². The maximum Gasteiger partial charge on any atom is 0.335 e. The Labute approximate surface area is 189 Å². The summed E-state index contributed by atoms with van der Waals surface area (Å²) in [5.41, 5.74) is 1.51. The molecule has 3 aromatic rings. The third kappa shape index (κ3) is 4.49. The quantitative estimate of drug-likeness (QED) is 0.529. The van der Waals surface area contributed by atoms with Crippen LogP contribution in [0, 0.1) is 23.0 Å². The van der Waals surface area contributed by atoms with Crippen LogP contribution >= 0.6 is 0 Å². The molecule has 1 aliphatic rings. The number of carboxylic acid groups (broad SMARTS) is 1. The smallest absolute Gasteiger partial charge is 0.335 e. The van der Waals surface area contributed by atoms with E-state index in [4.69, 9.17) is 10.00 Å². The maximum atomic E-state index is 15.3. The van der Waals surface area contributed by atoms with Crippen LogP contribution in [-0.2, 0) is 11.3 Å². The number of hydrogen-bond donors (Lipinski definition) is 2. The molecule has 2 N–H and O–H groups in total. The van der Waals surface area contributed by atoms with E-state index in [1.807, 2.05) is 0 Å². The van der Waals surface area contributed by atoms with Gasteiger partial charge < -0.3 is 14.9 Å². The van der Waals surface area contributed by atoms with E-state index >= 15 is 4.39 Å². The first-order valence-corrected chi connectivity index (χ1v) is 10.3. The number of hydrogen-bond acceptors (Lipinski definition) is 4. The summed E-state index contributed by atoms with van der Waals surface area (Å²) in [6, 6.07) is 12.9. The van der Waals surface area contributed by atoms with Gasteiger partial charge in [0, 0.05) is 12.0 Å². The molecule has 0 saturated carbocycles. The topological polar surface area (TPSA) is 90.6 Å². The monoisotopic (exact) mass is 449 g/mol. The number of benzene rings is 3. The fraction of sp³-hybridized carbons (Fsp3) is 0.231. The van der Waals surface area contributed by atoms with E-state index in [1.165, 1.54) is 36.4 Å². The zero-order valence-electron chi connectivity index (χ0n) is 18.0. The number of halogens is 2. The molecule has 0 aliphatic carbocycles. The van der Waals surface area contributed by atoms with Gasteiger partial charge in [0.2, 0.25) is 0 Å². The molecule has 33 heavy (non-hydrogen) atoms. The van der Waals surface area contributed by atoms with Crippen molar-refractivity contribution in [1.29, 1.82) is 5.26 Å². The SMILES string of the molecule is CC(C)(O)CC1OCc2cc(-c3ccc(C(=O)O)cc3-c3ccc(C#N)c(F)c3)c(F)cc21. The highest BCUT2D eigenvalue weighted by atomic mass is 19.1. The highest BCUT2D eigenvalue weighted by molar-refractivity contribution is 5.93. The van der Waals surface area contributed by atoms with Crippen molar-refractivity contribution in [2.24, 2.45) is 0 Å². The number of nitrogens with zero attached hydrogens (tertiary/aromatic N) is 1. The van der Waals surface area contributed by atoms with Crippen molar-refractivity contribution in [3.63, 3.8) is 0 Å². The molecule has 0 aromatic heterocycles. The maximum absolute atomic E-state index is 15.3. The van der Waals surface area contributed by atoms with Crippen LogP contribution in [0.5, 0.6) is 0 Å². The fourth-order valence-electron chi connectivity index (χ4n) is 4.09. The van der Waals surface area contributed by atoms with Crippen LogP contribution in [-0.4, -0.2) is 21.8 Å². The second-order valence-electron chi connectivity index (χ2n) is 8.72. The third-order valence-corrected chi connectivity index (χ3v) is 5.66. The normalized spacial score (nSPS) is 15.2. The molecular formula is C26H21F2NO4. The lowest BCUT2D eigenvalue weighted by Crippen LogP contribution is -2.22. The van der Waals surface area contributed by atoms with Crippen molar-refractivity contribution < 1.29 is 28.5 Å². The third-order valence-electron chi connectivity index (χ3n) is 5.66. The average molecular weight is 449 g/mol. The van der Waals surface area contributed by atoms with Crippen LogP contribution in [0.2, 0.25) is 0 Å². The molecule has 0 radical (unpaired) electrons. The Morgan fingerprint density at radius 2 is 1.85 bits per heavy atom. The predicted molar refractivity (Wildman–Crippen MR) is 117 cm³/mol. The summed E-state index contributed by atoms with van der Waals surface area (Å²) in [6.45, 7) is 3.57. The van der Waals surface area contributed by atoms with Gasteiger partial charge in [-0.1, -0.05) is 12.1 Å². The minimum absolute atomic E-state index is 0.0336. The van der Waals surface area contributed by atoms with Gasteiger partial charge in [-0.2, -0.15) is 5.26 Å². The van der Waals surface area contributed by atoms with Crippen molar-refractivity contribution in [2.45, 2.75) is 38.6 Å². The van der Waals surface area contributed by atoms with Crippen molar-refractivity contribution in [3.8, 4) is 28.3 Å². The number of carboxylic acids is 1. The lowest BCUT2D eigenvalue weighted by atomic mass is 9.89. The number of ether oxygens (including phenoxy) is 1. The zero-order chi connectivity index (χ0) is 23.9. The van der Waals surface area contributed by atoms with Gasteiger partial charge in [-0.15, -0.1) is 0 Å². The van der Waals surface area contributed by atoms with Crippen LogP contribution < -0.4 is 0 Å². The molecule has 0 saturated heterocycles. The molecule has 0 bridgehead atoms. The minimum atomic E-state index is -1.17. The highest BCUT2D eigenvalue weighted by Crippen LogP contribution is 2.41. The molecule has 3 aromatic carbocycles. The Balaban J connectivity index is 1.86. The average Bonchev–Trinajstić information content (AvgIpc) is 3.12. The van der Waals surface area contributed by atoms with E-state index in [0.717, 1.165) is 11.6 Å². The summed E-state index contributed by atoms with van der Waals surface area (Å²) >= 11 is 0. The fourth-order valence-corrected chi connectivity index (χ4v) is 4.09. The summed E-state index contributed by atoms with van der Waals surface area (Å²) in [5, 5.41) is 28.6. The molecule has 5 nitrogen and oxygen atoms in total. The van der Waals surface area contributed by atoms with Gasteiger partial charge in [-0.3, -0.25) is 0 Å². The van der Waals surface area contributed by atoms with Gasteiger partial charge >= 0.3 is 5.97 Å². The van der Waals surface area contributed by atoms with Crippen molar-refractivity contribution in [2.75, 3.05) is 0 Å². The molecule has 4 rings (SSSR count). The summed E-state index contributed by atoms with van der Waals surface area (Å²) in [7, 11) is 0. The number of fused-ring (bicyclic) bond motifs is 1. The zero-order valence-corrected chi connectivity index (χ0v) is 18.0. The molecular weight excluding hydrogens is 428 g/mol. The second kappa shape index (κ2) is 8.39. The Hall–Kier alpha value is -3.60. The summed E-state index contributed by atoms with van der Waals surface area (Å²) in [5.74, 6) is -2.47. The first kappa shape index (κ1) is 22.6. The number of aromatic carboxylic acids is 1. The lowest BCUT2D eigenvalue weighted by Gasteiger charge is -2.22. The number of carbonyl (C=O) groups is 1. The molecule has 1 aliphatic heterocycles. The Morgan fingerprint density at radius 3 is 2.48 bits per heavy atom. The van der Waals surface area contributed by atoms with Crippen molar-refractivity contribution >= 4 is 5.97 Å². The first-order valence-electron chi connectivity index (χ1n) is 10.3. The molecule has 0 spiro atoms. The van der Waals surface area contributed by atoms with Crippen LogP contribution in [0.25, 0.3) is 22.3 Å². The minimum Gasteiger partial charge on any atom is -0.478 e. The standard InChI is InChI=1S/C26H21F2NO4/c1-26(2,32)11-24-20-10-23(28)21(8-17(20)13-33-24)18-6-5-15(25(30)31)7-19(18)14-3-4-16(12-29)22(27)9-14/h3-10,24,32H,11,13H2,1-2H3,(H,30,31). The van der Waals surface area contributed by atoms with Gasteiger partial charge in [0.15, 0.2) is 0 Å². The molecule has 7 heteroatoms. The number of nitriles is 1. The van der Waals surface area contributed by atoms with E-state index in [9.17, 15) is 19.4 Å². The lowest BCUT2D eigenvalue weighted by molar-refractivity contribution is -0.0146. The molecule has 0 amide bonds. The van der Waals surface area contributed by atoms with Crippen LogP contribution in [0.15, 0.2) is 48.5 Å². The Bertz CT molecular complexity index is 1300. The second-order valence-corrected chi connectivity index (χ2v) is 8.72. The van der Waals surface area contributed by atoms with E-state index in [-0.39, 0.29) is 23.3 Å². The van der Waals surface area contributed by atoms with E-state index in [1.54, 1.807) is 26.0 Å². The first-order chi connectivity index (χ1) is 15.6.